The van der Waals surface area contributed by atoms with E-state index in [1.165, 1.54) is 11.3 Å². The number of thiophene rings is 1. The summed E-state index contributed by atoms with van der Waals surface area (Å²) in [6.45, 7) is 3.98. The zero-order valence-corrected chi connectivity index (χ0v) is 18.0. The smallest absolute Gasteiger partial charge is 0.325 e. The van der Waals surface area contributed by atoms with Crippen LogP contribution < -0.4 is 0 Å². The predicted molar refractivity (Wildman–Crippen MR) is 120 cm³/mol. The zero-order valence-electron chi connectivity index (χ0n) is 16.3. The second kappa shape index (κ2) is 9.46. The third-order valence-electron chi connectivity index (χ3n) is 5.08. The minimum absolute atomic E-state index is 0.0390. The van der Waals surface area contributed by atoms with Crippen LogP contribution in [0.2, 0.25) is 0 Å². The van der Waals surface area contributed by atoms with Crippen molar-refractivity contribution < 1.29 is 9.72 Å². The lowest BCUT2D eigenvalue weighted by Gasteiger charge is -2.34. The van der Waals surface area contributed by atoms with Gasteiger partial charge in [0.25, 0.3) is 5.91 Å². The maximum absolute atomic E-state index is 12.8. The van der Waals surface area contributed by atoms with Crippen LogP contribution in [0.5, 0.6) is 0 Å². The minimum atomic E-state index is -0.349. The quantitative estimate of drug-likeness (QED) is 0.337. The fourth-order valence-electron chi connectivity index (χ4n) is 3.42. The molecule has 3 heterocycles. The topological polar surface area (TPSA) is 82.5 Å². The van der Waals surface area contributed by atoms with Gasteiger partial charge in [-0.15, -0.1) is 11.8 Å². The van der Waals surface area contributed by atoms with Gasteiger partial charge in [-0.25, -0.2) is 0 Å². The fraction of sp³-hybridized carbons (Fsp3) is 0.286. The van der Waals surface area contributed by atoms with E-state index in [9.17, 15) is 14.9 Å². The van der Waals surface area contributed by atoms with Gasteiger partial charge in [-0.3, -0.25) is 19.8 Å². The number of aromatic amines is 1. The number of nitrogens with one attached hydrogen (secondary N) is 1. The highest BCUT2D eigenvalue weighted by atomic mass is 32.2. The Bertz CT molecular complexity index is 1010. The summed E-state index contributed by atoms with van der Waals surface area (Å²) in [6.07, 6.45) is 1.88. The Labute approximate surface area is 182 Å². The molecule has 1 N–H and O–H groups in total. The highest BCUT2D eigenvalue weighted by molar-refractivity contribution is 8.01. The summed E-state index contributed by atoms with van der Waals surface area (Å²) in [4.78, 5) is 30.6. The van der Waals surface area contributed by atoms with Crippen LogP contribution in [-0.2, 0) is 0 Å². The number of amides is 1. The van der Waals surface area contributed by atoms with Crippen LogP contribution in [-0.4, -0.2) is 64.1 Å². The molecule has 30 heavy (non-hydrogen) atoms. The Morgan fingerprint density at radius 2 is 1.87 bits per heavy atom. The van der Waals surface area contributed by atoms with Crippen LogP contribution in [0.3, 0.4) is 0 Å². The number of H-pyrrole nitrogens is 1. The number of hydrogen-bond acceptors (Lipinski definition) is 6. The first-order valence-corrected chi connectivity index (χ1v) is 11.5. The number of carbonyl (C=O) groups excluding carboxylic acids is 1. The van der Waals surface area contributed by atoms with E-state index in [2.05, 4.69) is 9.88 Å². The van der Waals surface area contributed by atoms with E-state index in [1.807, 2.05) is 53.6 Å². The van der Waals surface area contributed by atoms with Crippen LogP contribution in [0.4, 0.5) is 5.00 Å². The third kappa shape index (κ3) is 4.92. The Kier molecular flexibility index (Phi) is 6.51. The summed E-state index contributed by atoms with van der Waals surface area (Å²) < 4.78 is 0.969. The average molecular weight is 443 g/mol. The number of carbonyl (C=O) groups is 1. The molecule has 0 spiro atoms. The molecule has 4 rings (SSSR count). The van der Waals surface area contributed by atoms with Gasteiger partial charge in [0.05, 0.1) is 9.13 Å². The number of thioether (sulfide) groups is 1. The molecular weight excluding hydrogens is 420 g/mol. The van der Waals surface area contributed by atoms with Crippen molar-refractivity contribution >= 4 is 34.0 Å². The van der Waals surface area contributed by atoms with Crippen molar-refractivity contribution in [2.75, 3.05) is 38.5 Å². The standard InChI is InChI=1S/C21H22N4O3S2/c26-21(18-14-17(15-22-18)16-4-2-1-3-5-16)24-10-8-23(9-11-24)12-13-29-20-7-6-19(30-20)25(27)28/h1-7,14-15,22H,8-13H2. The SMILES string of the molecule is O=C(c1cc(-c2ccccc2)c[nH]1)N1CCN(CCSc2ccc([N+](=O)[O-])s2)CC1. The summed E-state index contributed by atoms with van der Waals surface area (Å²) in [5, 5.41) is 10.9. The third-order valence-corrected chi connectivity index (χ3v) is 7.32. The molecule has 156 valence electrons. The van der Waals surface area contributed by atoms with E-state index in [-0.39, 0.29) is 15.8 Å². The van der Waals surface area contributed by atoms with Crippen molar-refractivity contribution in [1.29, 1.82) is 0 Å². The minimum Gasteiger partial charge on any atom is -0.357 e. The number of aromatic nitrogens is 1. The second-order valence-electron chi connectivity index (χ2n) is 7.00. The molecule has 3 aromatic rings. The zero-order chi connectivity index (χ0) is 20.9. The molecule has 0 unspecified atom stereocenters. The van der Waals surface area contributed by atoms with Gasteiger partial charge in [0.2, 0.25) is 0 Å². The Hall–Kier alpha value is -2.62. The summed E-state index contributed by atoms with van der Waals surface area (Å²) in [5.41, 5.74) is 2.73. The molecule has 1 amide bonds. The number of nitrogens with zero attached hydrogens (tertiary/aromatic N) is 3. The van der Waals surface area contributed by atoms with Crippen LogP contribution in [0.25, 0.3) is 11.1 Å². The lowest BCUT2D eigenvalue weighted by atomic mass is 10.1. The predicted octanol–water partition coefficient (Wildman–Crippen LogP) is 4.20. The van der Waals surface area contributed by atoms with E-state index < -0.39 is 0 Å². The lowest BCUT2D eigenvalue weighted by molar-refractivity contribution is -0.380. The Morgan fingerprint density at radius 1 is 1.10 bits per heavy atom. The molecule has 0 radical (unpaired) electrons. The fourth-order valence-corrected chi connectivity index (χ4v) is 5.43. The maximum Gasteiger partial charge on any atom is 0.325 e. The number of hydrogen-bond donors (Lipinski definition) is 1. The molecule has 2 aromatic heterocycles. The molecular formula is C21H22N4O3S2. The van der Waals surface area contributed by atoms with Gasteiger partial charge in [0.1, 0.15) is 5.69 Å². The van der Waals surface area contributed by atoms with Gasteiger partial charge >= 0.3 is 5.00 Å². The summed E-state index contributed by atoms with van der Waals surface area (Å²) in [5.74, 6) is 0.917. The molecule has 0 aliphatic carbocycles. The molecule has 1 aliphatic rings. The van der Waals surface area contributed by atoms with Crippen LogP contribution in [0, 0.1) is 10.1 Å². The van der Waals surface area contributed by atoms with E-state index in [1.54, 1.807) is 17.8 Å². The van der Waals surface area contributed by atoms with E-state index >= 15 is 0 Å². The first kappa shape index (κ1) is 20.6. The van der Waals surface area contributed by atoms with E-state index in [0.717, 1.165) is 40.7 Å². The molecule has 9 heteroatoms. The molecule has 1 saturated heterocycles. The van der Waals surface area contributed by atoms with Crippen LogP contribution >= 0.6 is 23.1 Å². The van der Waals surface area contributed by atoms with Gasteiger partial charge in [-0.1, -0.05) is 41.7 Å². The largest absolute Gasteiger partial charge is 0.357 e. The van der Waals surface area contributed by atoms with Crippen molar-refractivity contribution in [3.8, 4) is 11.1 Å². The monoisotopic (exact) mass is 442 g/mol. The molecule has 0 bridgehead atoms. The Balaban J connectivity index is 1.23. The second-order valence-corrected chi connectivity index (χ2v) is 9.46. The van der Waals surface area contributed by atoms with Crippen molar-refractivity contribution in [2.45, 2.75) is 4.21 Å². The summed E-state index contributed by atoms with van der Waals surface area (Å²) >= 11 is 2.86. The molecule has 1 aliphatic heterocycles. The van der Waals surface area contributed by atoms with Gasteiger partial charge in [0, 0.05) is 50.7 Å². The van der Waals surface area contributed by atoms with E-state index in [4.69, 9.17) is 0 Å². The highest BCUT2D eigenvalue weighted by Gasteiger charge is 2.23. The summed E-state index contributed by atoms with van der Waals surface area (Å²) in [6, 6.07) is 15.3. The molecule has 0 atom stereocenters. The number of benzene rings is 1. The maximum atomic E-state index is 12.8. The average Bonchev–Trinajstić information content (AvgIpc) is 3.45. The Morgan fingerprint density at radius 3 is 2.57 bits per heavy atom. The number of nitro groups is 1. The number of piperazine rings is 1. The van der Waals surface area contributed by atoms with Crippen molar-refractivity contribution in [1.82, 2.24) is 14.8 Å². The van der Waals surface area contributed by atoms with Gasteiger partial charge < -0.3 is 9.88 Å². The van der Waals surface area contributed by atoms with Crippen molar-refractivity contribution in [3.63, 3.8) is 0 Å². The molecule has 1 aromatic carbocycles. The van der Waals surface area contributed by atoms with Gasteiger partial charge in [-0.05, 0) is 23.3 Å². The molecule has 7 nitrogen and oxygen atoms in total. The van der Waals surface area contributed by atoms with Crippen LogP contribution in [0.15, 0.2) is 58.9 Å². The first-order valence-electron chi connectivity index (χ1n) is 9.72. The van der Waals surface area contributed by atoms with Crippen molar-refractivity contribution in [3.05, 3.63) is 70.5 Å². The normalized spacial score (nSPS) is 14.7. The lowest BCUT2D eigenvalue weighted by Crippen LogP contribution is -2.49. The number of rotatable bonds is 7. The van der Waals surface area contributed by atoms with E-state index in [0.29, 0.717) is 18.8 Å². The highest BCUT2D eigenvalue weighted by Crippen LogP contribution is 2.32. The molecule has 1 fully saturated rings. The summed E-state index contributed by atoms with van der Waals surface area (Å²) in [7, 11) is 0. The van der Waals surface area contributed by atoms with Crippen molar-refractivity contribution in [2.24, 2.45) is 0 Å². The van der Waals surface area contributed by atoms with Crippen LogP contribution in [0.1, 0.15) is 10.5 Å². The molecule has 0 saturated carbocycles. The van der Waals surface area contributed by atoms with Gasteiger partial charge in [-0.2, -0.15) is 0 Å². The van der Waals surface area contributed by atoms with Gasteiger partial charge in [0.15, 0.2) is 0 Å². The first-order chi connectivity index (χ1) is 14.6.